The maximum absolute atomic E-state index is 14.8. The van der Waals surface area contributed by atoms with Crippen molar-refractivity contribution in [1.29, 1.82) is 0 Å². The molecule has 0 aliphatic carbocycles. The summed E-state index contributed by atoms with van der Waals surface area (Å²) in [6, 6.07) is 11.2. The van der Waals surface area contributed by atoms with E-state index < -0.39 is 0 Å². The number of likely N-dealkylation sites (N-methyl/N-ethyl adjacent to an activating group) is 1. The SMILES string of the molecule is CCN1CCN(c2ccc(CNC(=NC)NCc3ccc(OC)c(OC)c3)cc2F)CC1. The predicted molar refractivity (Wildman–Crippen MR) is 127 cm³/mol. The Morgan fingerprint density at radius 2 is 1.56 bits per heavy atom. The third kappa shape index (κ3) is 6.03. The number of guanidine groups is 1. The lowest BCUT2D eigenvalue weighted by atomic mass is 10.1. The largest absolute Gasteiger partial charge is 0.493 e. The molecule has 32 heavy (non-hydrogen) atoms. The van der Waals surface area contributed by atoms with E-state index in [0.29, 0.717) is 36.2 Å². The molecule has 1 heterocycles. The van der Waals surface area contributed by atoms with Gasteiger partial charge < -0.3 is 29.9 Å². The summed E-state index contributed by atoms with van der Waals surface area (Å²) in [7, 11) is 4.94. The Bertz CT molecular complexity index is 913. The van der Waals surface area contributed by atoms with Gasteiger partial charge in [0.25, 0.3) is 0 Å². The number of halogens is 1. The van der Waals surface area contributed by atoms with Gasteiger partial charge in [0.2, 0.25) is 0 Å². The van der Waals surface area contributed by atoms with Gasteiger partial charge in [0.15, 0.2) is 17.5 Å². The van der Waals surface area contributed by atoms with Crippen LogP contribution in [0, 0.1) is 5.82 Å². The Morgan fingerprint density at radius 3 is 2.12 bits per heavy atom. The van der Waals surface area contributed by atoms with E-state index in [1.54, 1.807) is 27.3 Å². The van der Waals surface area contributed by atoms with Crippen LogP contribution in [0.4, 0.5) is 10.1 Å². The Kier molecular flexibility index (Phi) is 8.56. The van der Waals surface area contributed by atoms with E-state index >= 15 is 0 Å². The van der Waals surface area contributed by atoms with Crippen molar-refractivity contribution in [3.63, 3.8) is 0 Å². The molecule has 0 aromatic heterocycles. The van der Waals surface area contributed by atoms with Gasteiger partial charge in [0, 0.05) is 46.3 Å². The number of piperazine rings is 1. The third-order valence-electron chi connectivity index (χ3n) is 5.76. The fourth-order valence-corrected chi connectivity index (χ4v) is 3.80. The summed E-state index contributed by atoms with van der Waals surface area (Å²) in [6.07, 6.45) is 0. The van der Waals surface area contributed by atoms with Crippen LogP contribution in [0.25, 0.3) is 0 Å². The molecule has 2 aromatic carbocycles. The minimum absolute atomic E-state index is 0.178. The van der Waals surface area contributed by atoms with Gasteiger partial charge >= 0.3 is 0 Å². The first kappa shape index (κ1) is 23.7. The molecule has 1 fully saturated rings. The van der Waals surface area contributed by atoms with Crippen molar-refractivity contribution in [3.05, 3.63) is 53.3 Å². The number of anilines is 1. The van der Waals surface area contributed by atoms with Crippen LogP contribution in [0.1, 0.15) is 18.1 Å². The van der Waals surface area contributed by atoms with Crippen LogP contribution in [0.3, 0.4) is 0 Å². The van der Waals surface area contributed by atoms with Gasteiger partial charge in [-0.25, -0.2) is 4.39 Å². The maximum Gasteiger partial charge on any atom is 0.191 e. The van der Waals surface area contributed by atoms with Crippen LogP contribution in [-0.2, 0) is 13.1 Å². The molecule has 0 unspecified atom stereocenters. The number of nitrogens with one attached hydrogen (secondary N) is 2. The number of benzene rings is 2. The summed E-state index contributed by atoms with van der Waals surface area (Å²) < 4.78 is 25.4. The lowest BCUT2D eigenvalue weighted by molar-refractivity contribution is 0.270. The second kappa shape index (κ2) is 11.6. The molecule has 1 aliphatic heterocycles. The van der Waals surface area contributed by atoms with E-state index in [2.05, 4.69) is 32.3 Å². The molecule has 2 N–H and O–H groups in total. The fraction of sp³-hybridized carbons (Fsp3) is 0.458. The summed E-state index contributed by atoms with van der Waals surface area (Å²) >= 11 is 0. The molecule has 0 saturated carbocycles. The molecule has 3 rings (SSSR count). The highest BCUT2D eigenvalue weighted by atomic mass is 19.1. The fourth-order valence-electron chi connectivity index (χ4n) is 3.80. The van der Waals surface area contributed by atoms with E-state index in [9.17, 15) is 4.39 Å². The topological polar surface area (TPSA) is 61.4 Å². The van der Waals surface area contributed by atoms with Gasteiger partial charge in [-0.1, -0.05) is 19.1 Å². The zero-order valence-electron chi connectivity index (χ0n) is 19.4. The molecular formula is C24H34FN5O2. The number of aliphatic imine (C=N–C) groups is 1. The predicted octanol–water partition coefficient (Wildman–Crippen LogP) is 2.85. The van der Waals surface area contributed by atoms with Crippen LogP contribution < -0.4 is 25.0 Å². The average molecular weight is 444 g/mol. The average Bonchev–Trinajstić information content (AvgIpc) is 2.84. The van der Waals surface area contributed by atoms with Crippen molar-refractivity contribution in [2.45, 2.75) is 20.0 Å². The molecule has 0 amide bonds. The van der Waals surface area contributed by atoms with Crippen LogP contribution in [-0.4, -0.2) is 64.9 Å². The van der Waals surface area contributed by atoms with Crippen LogP contribution in [0.5, 0.6) is 11.5 Å². The van der Waals surface area contributed by atoms with Crippen molar-refractivity contribution < 1.29 is 13.9 Å². The van der Waals surface area contributed by atoms with Crippen molar-refractivity contribution in [2.24, 2.45) is 4.99 Å². The van der Waals surface area contributed by atoms with Gasteiger partial charge in [-0.15, -0.1) is 0 Å². The van der Waals surface area contributed by atoms with E-state index in [0.717, 1.165) is 43.9 Å². The van der Waals surface area contributed by atoms with Gasteiger partial charge in [-0.05, 0) is 41.9 Å². The van der Waals surface area contributed by atoms with Crippen LogP contribution >= 0.6 is 0 Å². The lowest BCUT2D eigenvalue weighted by Crippen LogP contribution is -2.46. The highest BCUT2D eigenvalue weighted by molar-refractivity contribution is 5.79. The van der Waals surface area contributed by atoms with Crippen molar-refractivity contribution in [3.8, 4) is 11.5 Å². The molecule has 8 heteroatoms. The standard InChI is InChI=1S/C24H34FN5O2/c1-5-29-10-12-30(13-11-29)21-8-6-18(14-20(21)25)16-27-24(26-2)28-17-19-7-9-22(31-3)23(15-19)32-4/h6-9,14-15H,5,10-13,16-17H2,1-4H3,(H2,26,27,28). The zero-order chi connectivity index (χ0) is 22.9. The first-order valence-corrected chi connectivity index (χ1v) is 11.0. The van der Waals surface area contributed by atoms with E-state index in [-0.39, 0.29) is 5.82 Å². The molecule has 0 atom stereocenters. The van der Waals surface area contributed by atoms with Crippen molar-refractivity contribution in [2.75, 3.05) is 58.9 Å². The quantitative estimate of drug-likeness (QED) is 0.483. The van der Waals surface area contributed by atoms with Crippen LogP contribution in [0.15, 0.2) is 41.4 Å². The second-order valence-corrected chi connectivity index (χ2v) is 7.68. The van der Waals surface area contributed by atoms with Crippen LogP contribution in [0.2, 0.25) is 0 Å². The number of rotatable bonds is 8. The first-order valence-electron chi connectivity index (χ1n) is 11.0. The number of nitrogens with zero attached hydrogens (tertiary/aromatic N) is 3. The van der Waals surface area contributed by atoms with Gasteiger partial charge in [-0.3, -0.25) is 4.99 Å². The van der Waals surface area contributed by atoms with Gasteiger partial charge in [0.1, 0.15) is 5.82 Å². The molecule has 174 valence electrons. The molecule has 2 aromatic rings. The number of hydrogen-bond acceptors (Lipinski definition) is 5. The first-order chi connectivity index (χ1) is 15.6. The number of methoxy groups -OCH3 is 2. The van der Waals surface area contributed by atoms with E-state index in [1.165, 1.54) is 0 Å². The number of hydrogen-bond donors (Lipinski definition) is 2. The molecule has 0 radical (unpaired) electrons. The Labute approximate surface area is 190 Å². The Hall–Kier alpha value is -3.00. The highest BCUT2D eigenvalue weighted by Crippen LogP contribution is 2.27. The zero-order valence-corrected chi connectivity index (χ0v) is 19.4. The minimum Gasteiger partial charge on any atom is -0.493 e. The van der Waals surface area contributed by atoms with E-state index in [1.807, 2.05) is 30.3 Å². The second-order valence-electron chi connectivity index (χ2n) is 7.68. The Morgan fingerprint density at radius 1 is 0.938 bits per heavy atom. The maximum atomic E-state index is 14.8. The minimum atomic E-state index is -0.178. The molecule has 0 spiro atoms. The van der Waals surface area contributed by atoms with Crippen molar-refractivity contribution in [1.82, 2.24) is 15.5 Å². The summed E-state index contributed by atoms with van der Waals surface area (Å²) in [4.78, 5) is 8.76. The molecular weight excluding hydrogens is 409 g/mol. The summed E-state index contributed by atoms with van der Waals surface area (Å²) in [6.45, 7) is 7.91. The molecule has 1 aliphatic rings. The number of ether oxygens (including phenoxy) is 2. The highest BCUT2D eigenvalue weighted by Gasteiger charge is 2.18. The molecule has 7 nitrogen and oxygen atoms in total. The van der Waals surface area contributed by atoms with Gasteiger partial charge in [-0.2, -0.15) is 0 Å². The van der Waals surface area contributed by atoms with E-state index in [4.69, 9.17) is 9.47 Å². The lowest BCUT2D eigenvalue weighted by Gasteiger charge is -2.35. The smallest absolute Gasteiger partial charge is 0.191 e. The summed E-state index contributed by atoms with van der Waals surface area (Å²) in [5.74, 6) is 1.83. The third-order valence-corrected chi connectivity index (χ3v) is 5.76. The van der Waals surface area contributed by atoms with Gasteiger partial charge in [0.05, 0.1) is 19.9 Å². The normalized spacial score (nSPS) is 14.9. The summed E-state index contributed by atoms with van der Waals surface area (Å²) in [5.41, 5.74) is 2.58. The molecule has 1 saturated heterocycles. The summed E-state index contributed by atoms with van der Waals surface area (Å²) in [5, 5.41) is 6.51. The Balaban J connectivity index is 1.53. The van der Waals surface area contributed by atoms with Crippen molar-refractivity contribution >= 4 is 11.6 Å². The molecule has 0 bridgehead atoms. The monoisotopic (exact) mass is 443 g/mol.